The van der Waals surface area contributed by atoms with Crippen LogP contribution >= 0.6 is 7.60 Å². The van der Waals surface area contributed by atoms with E-state index >= 15 is 0 Å². The smallest absolute Gasteiger partial charge is 0.410 e. The van der Waals surface area contributed by atoms with Gasteiger partial charge in [-0.15, -0.1) is 0 Å². The van der Waals surface area contributed by atoms with Gasteiger partial charge in [0, 0.05) is 18.9 Å². The normalized spacial score (nSPS) is 33.2. The van der Waals surface area contributed by atoms with E-state index in [1.807, 2.05) is 0 Å². The number of hydrogen-bond donors (Lipinski definition) is 3. The van der Waals surface area contributed by atoms with Crippen molar-refractivity contribution in [2.75, 3.05) is 19.6 Å². The highest BCUT2D eigenvalue weighted by Crippen LogP contribution is 2.49. The van der Waals surface area contributed by atoms with Crippen molar-refractivity contribution < 1.29 is 23.9 Å². The Bertz CT molecular complexity index is 451. The Morgan fingerprint density at radius 1 is 1.19 bits per heavy atom. The lowest BCUT2D eigenvalue weighted by Crippen LogP contribution is -2.46. The number of hydrogen-bond acceptors (Lipinski definition) is 4. The first kappa shape index (κ1) is 15.3. The third-order valence-corrected chi connectivity index (χ3v) is 6.56. The molecule has 1 aliphatic carbocycles. The van der Waals surface area contributed by atoms with Crippen LogP contribution in [0.2, 0.25) is 0 Å². The van der Waals surface area contributed by atoms with Gasteiger partial charge >= 0.3 is 13.7 Å². The van der Waals surface area contributed by atoms with Gasteiger partial charge in [0.25, 0.3) is 0 Å². The Balaban J connectivity index is 1.61. The molecule has 3 rings (SSSR count). The van der Waals surface area contributed by atoms with Crippen LogP contribution in [0.25, 0.3) is 0 Å². The molecule has 0 bridgehead atoms. The summed E-state index contributed by atoms with van der Waals surface area (Å²) in [7, 11) is -3.99. The third kappa shape index (κ3) is 3.11. The van der Waals surface area contributed by atoms with Gasteiger partial charge in [-0.05, 0) is 38.8 Å². The van der Waals surface area contributed by atoms with Crippen molar-refractivity contribution >= 4 is 13.7 Å². The van der Waals surface area contributed by atoms with E-state index in [0.29, 0.717) is 32.2 Å². The summed E-state index contributed by atoms with van der Waals surface area (Å²) in [6.07, 6.45) is 3.69. The van der Waals surface area contributed by atoms with E-state index in [1.165, 1.54) is 0 Å². The van der Waals surface area contributed by atoms with Gasteiger partial charge < -0.3 is 24.7 Å². The molecule has 0 aromatic rings. The van der Waals surface area contributed by atoms with Crippen molar-refractivity contribution in [1.82, 2.24) is 10.2 Å². The van der Waals surface area contributed by atoms with Crippen molar-refractivity contribution in [2.45, 2.75) is 55.8 Å². The average molecular weight is 318 g/mol. The van der Waals surface area contributed by atoms with Crippen LogP contribution in [0.15, 0.2) is 0 Å². The van der Waals surface area contributed by atoms with Gasteiger partial charge in [0.15, 0.2) is 0 Å². The molecule has 1 spiro atoms. The van der Waals surface area contributed by atoms with E-state index in [1.54, 1.807) is 4.90 Å². The van der Waals surface area contributed by atoms with Crippen LogP contribution in [0.5, 0.6) is 0 Å². The van der Waals surface area contributed by atoms with Crippen LogP contribution < -0.4 is 5.32 Å². The zero-order chi connectivity index (χ0) is 15.1. The van der Waals surface area contributed by atoms with E-state index in [9.17, 15) is 19.1 Å². The molecule has 3 aliphatic rings. The summed E-state index contributed by atoms with van der Waals surface area (Å²) in [6, 6.07) is 0.0644. The molecule has 1 amide bonds. The zero-order valence-corrected chi connectivity index (χ0v) is 12.9. The highest BCUT2D eigenvalue weighted by Gasteiger charge is 2.48. The van der Waals surface area contributed by atoms with Gasteiger partial charge in [0.05, 0.1) is 12.2 Å². The molecule has 8 heteroatoms. The molecule has 0 unspecified atom stereocenters. The Kier molecular flexibility index (Phi) is 4.03. The highest BCUT2D eigenvalue weighted by molar-refractivity contribution is 7.52. The fraction of sp³-hybridized carbons (Fsp3) is 0.923. The lowest BCUT2D eigenvalue weighted by Gasteiger charge is -2.35. The highest BCUT2D eigenvalue weighted by atomic mass is 31.2. The summed E-state index contributed by atoms with van der Waals surface area (Å²) >= 11 is 0. The first-order valence-corrected chi connectivity index (χ1v) is 9.33. The van der Waals surface area contributed by atoms with Crippen molar-refractivity contribution in [2.24, 2.45) is 0 Å². The Labute approximate surface area is 124 Å². The van der Waals surface area contributed by atoms with Gasteiger partial charge in [0.1, 0.15) is 5.60 Å². The fourth-order valence-corrected chi connectivity index (χ4v) is 4.75. The maximum absolute atomic E-state index is 12.2. The summed E-state index contributed by atoms with van der Waals surface area (Å²) in [4.78, 5) is 32.4. The molecule has 2 aliphatic heterocycles. The van der Waals surface area contributed by atoms with Crippen LogP contribution in [-0.4, -0.2) is 57.7 Å². The Hall–Kier alpha value is -0.620. The number of carbonyl (C=O) groups excluding carboxylic acids is 1. The van der Waals surface area contributed by atoms with E-state index < -0.39 is 13.3 Å². The number of nitrogens with one attached hydrogen (secondary N) is 1. The first-order chi connectivity index (χ1) is 9.90. The summed E-state index contributed by atoms with van der Waals surface area (Å²) in [5, 5.41) is 3.27. The summed E-state index contributed by atoms with van der Waals surface area (Å²) in [5.74, 6) is 0. The molecule has 7 nitrogen and oxygen atoms in total. The van der Waals surface area contributed by atoms with Crippen molar-refractivity contribution in [3.05, 3.63) is 0 Å². The number of ether oxygens (including phenoxy) is 1. The van der Waals surface area contributed by atoms with Crippen molar-refractivity contribution in [3.63, 3.8) is 0 Å². The molecule has 0 aromatic heterocycles. The second-order valence-corrected chi connectivity index (χ2v) is 8.39. The second-order valence-electron chi connectivity index (χ2n) is 6.48. The van der Waals surface area contributed by atoms with Gasteiger partial charge in [-0.3, -0.25) is 4.57 Å². The van der Waals surface area contributed by atoms with Crippen LogP contribution in [0, 0.1) is 0 Å². The zero-order valence-electron chi connectivity index (χ0n) is 12.0. The molecular formula is C13H23N2O5P. The SMILES string of the molecule is O=C1OC2(CCNCC2)CN1[C@H]1CC[C@H](P(=O)(O)O)CC1. The monoisotopic (exact) mass is 318 g/mol. The maximum Gasteiger partial charge on any atom is 0.410 e. The van der Waals surface area contributed by atoms with E-state index in [0.717, 1.165) is 25.9 Å². The van der Waals surface area contributed by atoms with Gasteiger partial charge in [-0.2, -0.15) is 0 Å². The third-order valence-electron chi connectivity index (χ3n) is 5.09. The molecule has 120 valence electrons. The number of rotatable bonds is 2. The van der Waals surface area contributed by atoms with E-state index in [2.05, 4.69) is 5.32 Å². The summed E-state index contributed by atoms with van der Waals surface area (Å²) in [6.45, 7) is 2.36. The molecule has 2 saturated heterocycles. The molecule has 0 radical (unpaired) electrons. The van der Waals surface area contributed by atoms with E-state index in [-0.39, 0.29) is 17.7 Å². The molecule has 21 heavy (non-hydrogen) atoms. The minimum Gasteiger partial charge on any atom is -0.441 e. The lowest BCUT2D eigenvalue weighted by molar-refractivity contribution is 0.0316. The predicted molar refractivity (Wildman–Crippen MR) is 76.1 cm³/mol. The molecule has 3 fully saturated rings. The van der Waals surface area contributed by atoms with Crippen LogP contribution in [-0.2, 0) is 9.30 Å². The molecular weight excluding hydrogens is 295 g/mol. The van der Waals surface area contributed by atoms with Gasteiger partial charge in [-0.25, -0.2) is 4.79 Å². The predicted octanol–water partition coefficient (Wildman–Crippen LogP) is 1.05. The van der Waals surface area contributed by atoms with E-state index in [4.69, 9.17) is 4.74 Å². The number of piperidine rings is 1. The minimum atomic E-state index is -3.99. The van der Waals surface area contributed by atoms with Gasteiger partial charge in [0.2, 0.25) is 0 Å². The molecule has 3 N–H and O–H groups in total. The van der Waals surface area contributed by atoms with Crippen LogP contribution in [0.3, 0.4) is 0 Å². The van der Waals surface area contributed by atoms with Crippen molar-refractivity contribution in [3.8, 4) is 0 Å². The Morgan fingerprint density at radius 3 is 2.38 bits per heavy atom. The molecule has 2 heterocycles. The largest absolute Gasteiger partial charge is 0.441 e. The fourth-order valence-electron chi connectivity index (χ4n) is 3.78. The number of amides is 1. The standard InChI is InChI=1S/C13H23N2O5P/c16-12-15(9-13(20-12)5-7-14-8-6-13)10-1-3-11(4-2-10)21(17,18)19/h10-11,14H,1-9H2,(H2,17,18,19)/t10-,11-. The van der Waals surface area contributed by atoms with Crippen LogP contribution in [0.4, 0.5) is 4.79 Å². The number of carbonyl (C=O) groups is 1. The topological polar surface area (TPSA) is 99.1 Å². The number of nitrogens with zero attached hydrogens (tertiary/aromatic N) is 1. The lowest BCUT2D eigenvalue weighted by atomic mass is 9.90. The Morgan fingerprint density at radius 2 is 1.81 bits per heavy atom. The summed E-state index contributed by atoms with van der Waals surface area (Å²) < 4.78 is 16.9. The molecule has 1 saturated carbocycles. The van der Waals surface area contributed by atoms with Gasteiger partial charge in [-0.1, -0.05) is 0 Å². The van der Waals surface area contributed by atoms with Crippen LogP contribution in [0.1, 0.15) is 38.5 Å². The summed E-state index contributed by atoms with van der Waals surface area (Å²) in [5.41, 5.74) is -0.886. The average Bonchev–Trinajstić information content (AvgIpc) is 2.75. The minimum absolute atomic E-state index is 0.0644. The molecule has 0 atom stereocenters. The molecule has 0 aromatic carbocycles. The quantitative estimate of drug-likeness (QED) is 0.658. The maximum atomic E-state index is 12.2. The van der Waals surface area contributed by atoms with Crippen molar-refractivity contribution in [1.29, 1.82) is 0 Å². The first-order valence-electron chi connectivity index (χ1n) is 7.65. The second kappa shape index (κ2) is 5.54.